The standard InChI is InChI=1S/C29H24N2O2S/c1-2-33-25-14-9-15-26-27(25)30-29(34-26)31(20-21-10-5-3-6-11-21)28(32)24-18-16-23(17-19-24)22-12-7-4-8-13-22/h3-19H,2,20H2,1H3. The predicted octanol–water partition coefficient (Wildman–Crippen LogP) is 7.21. The number of carbonyl (C=O) groups is 1. The van der Waals surface area contributed by atoms with Gasteiger partial charge in [0.05, 0.1) is 17.9 Å². The maximum absolute atomic E-state index is 13.7. The third kappa shape index (κ3) is 4.56. The Balaban J connectivity index is 1.52. The van der Waals surface area contributed by atoms with Gasteiger partial charge in [-0.15, -0.1) is 0 Å². The summed E-state index contributed by atoms with van der Waals surface area (Å²) in [6.07, 6.45) is 0. The molecule has 5 aromatic rings. The zero-order valence-electron chi connectivity index (χ0n) is 18.8. The third-order valence-corrected chi connectivity index (χ3v) is 6.61. The lowest BCUT2D eigenvalue weighted by molar-refractivity contribution is 0.0985. The number of hydrogen-bond acceptors (Lipinski definition) is 4. The fraction of sp³-hybridized carbons (Fsp3) is 0.103. The minimum Gasteiger partial charge on any atom is -0.492 e. The Kier molecular flexibility index (Phi) is 6.36. The Hall–Kier alpha value is -3.96. The van der Waals surface area contributed by atoms with E-state index in [-0.39, 0.29) is 5.91 Å². The summed E-state index contributed by atoms with van der Waals surface area (Å²) in [7, 11) is 0. The Bertz CT molecular complexity index is 1400. The second-order valence-corrected chi connectivity index (χ2v) is 8.86. The minimum atomic E-state index is -0.0829. The van der Waals surface area contributed by atoms with Gasteiger partial charge in [-0.25, -0.2) is 4.98 Å². The minimum absolute atomic E-state index is 0.0829. The summed E-state index contributed by atoms with van der Waals surface area (Å²) in [5.41, 5.74) is 4.65. The molecule has 1 amide bonds. The molecule has 4 aromatic carbocycles. The SMILES string of the molecule is CCOc1cccc2sc(N(Cc3ccccc3)C(=O)c3ccc(-c4ccccc4)cc3)nc12. The van der Waals surface area contributed by atoms with Crippen LogP contribution in [-0.2, 0) is 6.54 Å². The summed E-state index contributed by atoms with van der Waals surface area (Å²) in [6, 6.07) is 33.8. The summed E-state index contributed by atoms with van der Waals surface area (Å²) >= 11 is 1.50. The summed E-state index contributed by atoms with van der Waals surface area (Å²) in [4.78, 5) is 20.3. The normalized spacial score (nSPS) is 10.9. The molecule has 1 aromatic heterocycles. The van der Waals surface area contributed by atoms with Gasteiger partial charge < -0.3 is 4.74 Å². The second-order valence-electron chi connectivity index (χ2n) is 7.85. The molecule has 0 N–H and O–H groups in total. The van der Waals surface area contributed by atoms with E-state index in [1.165, 1.54) is 11.3 Å². The highest BCUT2D eigenvalue weighted by Gasteiger charge is 2.23. The van der Waals surface area contributed by atoms with Crippen molar-refractivity contribution < 1.29 is 9.53 Å². The largest absolute Gasteiger partial charge is 0.492 e. The van der Waals surface area contributed by atoms with Crippen molar-refractivity contribution >= 4 is 32.6 Å². The maximum Gasteiger partial charge on any atom is 0.260 e. The molecule has 0 bridgehead atoms. The van der Waals surface area contributed by atoms with E-state index >= 15 is 0 Å². The lowest BCUT2D eigenvalue weighted by atomic mass is 10.0. The number of anilines is 1. The fourth-order valence-electron chi connectivity index (χ4n) is 3.88. The molecule has 0 unspecified atom stereocenters. The van der Waals surface area contributed by atoms with Crippen molar-refractivity contribution in [3.05, 3.63) is 114 Å². The van der Waals surface area contributed by atoms with E-state index in [1.54, 1.807) is 4.90 Å². The number of hydrogen-bond donors (Lipinski definition) is 0. The van der Waals surface area contributed by atoms with Crippen LogP contribution in [0, 0.1) is 0 Å². The maximum atomic E-state index is 13.7. The number of benzene rings is 4. The highest BCUT2D eigenvalue weighted by Crippen LogP contribution is 2.35. The number of ether oxygens (including phenoxy) is 1. The molecule has 0 aliphatic heterocycles. The Morgan fingerprint density at radius 2 is 1.50 bits per heavy atom. The van der Waals surface area contributed by atoms with E-state index in [0.29, 0.717) is 23.8 Å². The first-order valence-electron chi connectivity index (χ1n) is 11.3. The number of amides is 1. The molecule has 0 aliphatic carbocycles. The van der Waals surface area contributed by atoms with Crippen LogP contribution in [-0.4, -0.2) is 17.5 Å². The number of para-hydroxylation sites is 1. The van der Waals surface area contributed by atoms with Gasteiger partial charge in [-0.3, -0.25) is 9.69 Å². The van der Waals surface area contributed by atoms with E-state index < -0.39 is 0 Å². The molecular formula is C29H24N2O2S. The number of fused-ring (bicyclic) bond motifs is 1. The topological polar surface area (TPSA) is 42.4 Å². The first-order valence-corrected chi connectivity index (χ1v) is 12.1. The molecule has 1 heterocycles. The Labute approximate surface area is 203 Å². The first kappa shape index (κ1) is 21.9. The average Bonchev–Trinajstić information content (AvgIpc) is 3.33. The van der Waals surface area contributed by atoms with E-state index in [1.807, 2.05) is 97.9 Å². The number of thiazole rings is 1. The molecule has 0 radical (unpaired) electrons. The molecule has 4 nitrogen and oxygen atoms in total. The van der Waals surface area contributed by atoms with Crippen molar-refractivity contribution in [1.29, 1.82) is 0 Å². The van der Waals surface area contributed by atoms with Gasteiger partial charge in [0.1, 0.15) is 11.3 Å². The summed E-state index contributed by atoms with van der Waals surface area (Å²) in [5, 5.41) is 0.656. The molecule has 5 heteroatoms. The van der Waals surface area contributed by atoms with Gasteiger partial charge in [-0.2, -0.15) is 0 Å². The second kappa shape index (κ2) is 9.89. The van der Waals surface area contributed by atoms with E-state index in [2.05, 4.69) is 12.1 Å². The molecule has 0 aliphatic rings. The Morgan fingerprint density at radius 1 is 0.824 bits per heavy atom. The lowest BCUT2D eigenvalue weighted by Gasteiger charge is -2.20. The highest BCUT2D eigenvalue weighted by atomic mass is 32.1. The average molecular weight is 465 g/mol. The summed E-state index contributed by atoms with van der Waals surface area (Å²) < 4.78 is 6.76. The number of aromatic nitrogens is 1. The van der Waals surface area contributed by atoms with Crippen molar-refractivity contribution in [2.45, 2.75) is 13.5 Å². The molecular weight excluding hydrogens is 440 g/mol. The monoisotopic (exact) mass is 464 g/mol. The fourth-order valence-corrected chi connectivity index (χ4v) is 4.86. The van der Waals surface area contributed by atoms with Gasteiger partial charge in [-0.05, 0) is 47.9 Å². The Morgan fingerprint density at radius 3 is 2.21 bits per heavy atom. The number of rotatable bonds is 7. The van der Waals surface area contributed by atoms with Crippen molar-refractivity contribution in [2.24, 2.45) is 0 Å². The van der Waals surface area contributed by atoms with Crippen LogP contribution in [0.2, 0.25) is 0 Å². The zero-order chi connectivity index (χ0) is 23.3. The molecule has 0 saturated carbocycles. The van der Waals surface area contributed by atoms with Crippen LogP contribution >= 0.6 is 11.3 Å². The van der Waals surface area contributed by atoms with Crippen LogP contribution in [0.15, 0.2) is 103 Å². The van der Waals surface area contributed by atoms with Crippen LogP contribution in [0.5, 0.6) is 5.75 Å². The highest BCUT2D eigenvalue weighted by molar-refractivity contribution is 7.22. The van der Waals surface area contributed by atoms with Crippen molar-refractivity contribution in [2.75, 3.05) is 11.5 Å². The number of carbonyl (C=O) groups excluding carboxylic acids is 1. The van der Waals surface area contributed by atoms with Gasteiger partial charge in [0.15, 0.2) is 5.13 Å². The predicted molar refractivity (Wildman–Crippen MR) is 140 cm³/mol. The van der Waals surface area contributed by atoms with Gasteiger partial charge in [-0.1, -0.05) is 90.2 Å². The van der Waals surface area contributed by atoms with Crippen molar-refractivity contribution in [1.82, 2.24) is 4.98 Å². The van der Waals surface area contributed by atoms with Crippen molar-refractivity contribution in [3.63, 3.8) is 0 Å². The summed E-state index contributed by atoms with van der Waals surface area (Å²) in [6.45, 7) is 2.95. The molecule has 5 rings (SSSR count). The first-order chi connectivity index (χ1) is 16.7. The van der Waals surface area contributed by atoms with Gasteiger partial charge in [0.25, 0.3) is 5.91 Å². The van der Waals surface area contributed by atoms with E-state index in [9.17, 15) is 4.79 Å². The van der Waals surface area contributed by atoms with E-state index in [0.717, 1.165) is 32.7 Å². The lowest BCUT2D eigenvalue weighted by Crippen LogP contribution is -2.30. The zero-order valence-corrected chi connectivity index (χ0v) is 19.7. The quantitative estimate of drug-likeness (QED) is 0.256. The molecule has 0 fully saturated rings. The van der Waals surface area contributed by atoms with Crippen LogP contribution in [0.25, 0.3) is 21.3 Å². The molecule has 0 saturated heterocycles. The van der Waals surface area contributed by atoms with Gasteiger partial charge >= 0.3 is 0 Å². The van der Waals surface area contributed by atoms with Crippen LogP contribution in [0.3, 0.4) is 0 Å². The van der Waals surface area contributed by atoms with Gasteiger partial charge in [0.2, 0.25) is 0 Å². The van der Waals surface area contributed by atoms with Crippen molar-refractivity contribution in [3.8, 4) is 16.9 Å². The van der Waals surface area contributed by atoms with Crippen LogP contribution in [0.4, 0.5) is 5.13 Å². The summed E-state index contributed by atoms with van der Waals surface area (Å²) in [5.74, 6) is 0.655. The van der Waals surface area contributed by atoms with Gasteiger partial charge in [0, 0.05) is 5.56 Å². The van der Waals surface area contributed by atoms with E-state index in [4.69, 9.17) is 9.72 Å². The molecule has 0 atom stereocenters. The molecule has 0 spiro atoms. The smallest absolute Gasteiger partial charge is 0.260 e. The third-order valence-electron chi connectivity index (χ3n) is 5.57. The molecule has 168 valence electrons. The molecule has 34 heavy (non-hydrogen) atoms. The van der Waals surface area contributed by atoms with Crippen LogP contribution in [0.1, 0.15) is 22.8 Å². The number of nitrogens with zero attached hydrogens (tertiary/aromatic N) is 2. The van der Waals surface area contributed by atoms with Crippen LogP contribution < -0.4 is 9.64 Å².